The molecule has 2 fully saturated rings. The molecule has 3 heterocycles. The van der Waals surface area contributed by atoms with E-state index in [1.54, 1.807) is 35.9 Å². The third-order valence-corrected chi connectivity index (χ3v) is 9.58. The van der Waals surface area contributed by atoms with Crippen LogP contribution in [0.3, 0.4) is 0 Å². The SMILES string of the molecule is CC1(COc2ccc(C(=O)NC3(CC(=O)NO)CCN(S(C)(=O)=O)CC3)cc2)OCCNC1c1ccnc2ccccc12. The summed E-state index contributed by atoms with van der Waals surface area (Å²) < 4.78 is 37.7. The maximum Gasteiger partial charge on any atom is 0.251 e. The minimum absolute atomic E-state index is 0.138. The predicted molar refractivity (Wildman–Crippen MR) is 159 cm³/mol. The summed E-state index contributed by atoms with van der Waals surface area (Å²) >= 11 is 0. The summed E-state index contributed by atoms with van der Waals surface area (Å²) in [6.07, 6.45) is 3.19. The van der Waals surface area contributed by atoms with Gasteiger partial charge in [0.15, 0.2) is 0 Å². The number of hydrogen-bond acceptors (Lipinski definition) is 9. The molecule has 43 heavy (non-hydrogen) atoms. The zero-order valence-electron chi connectivity index (χ0n) is 24.2. The Hall–Kier alpha value is -3.62. The first kappa shape index (κ1) is 30.8. The number of rotatable bonds is 9. The Bertz CT molecular complexity index is 1570. The number of sulfonamides is 1. The highest BCUT2D eigenvalue weighted by Crippen LogP contribution is 2.36. The van der Waals surface area contributed by atoms with Gasteiger partial charge in [-0.25, -0.2) is 18.2 Å². The van der Waals surface area contributed by atoms with E-state index in [-0.39, 0.29) is 45.0 Å². The number of pyridine rings is 1. The first-order valence-corrected chi connectivity index (χ1v) is 16.0. The number of hydrogen-bond donors (Lipinski definition) is 4. The molecule has 230 valence electrons. The molecule has 1 aromatic heterocycles. The highest BCUT2D eigenvalue weighted by molar-refractivity contribution is 7.88. The summed E-state index contributed by atoms with van der Waals surface area (Å²) in [4.78, 5) is 29.8. The second-order valence-corrected chi connectivity index (χ2v) is 13.4. The number of carbonyl (C=O) groups excluding carboxylic acids is 2. The molecule has 2 unspecified atom stereocenters. The number of hydroxylamine groups is 1. The van der Waals surface area contributed by atoms with Gasteiger partial charge in [-0.15, -0.1) is 0 Å². The predicted octanol–water partition coefficient (Wildman–Crippen LogP) is 2.15. The number of piperidine rings is 1. The molecule has 2 aliphatic rings. The van der Waals surface area contributed by atoms with Crippen LogP contribution >= 0.6 is 0 Å². The molecule has 0 saturated carbocycles. The number of carbonyl (C=O) groups is 2. The van der Waals surface area contributed by atoms with E-state index in [9.17, 15) is 18.0 Å². The molecule has 4 N–H and O–H groups in total. The molecule has 13 heteroatoms. The molecular weight excluding hydrogens is 574 g/mol. The van der Waals surface area contributed by atoms with Crippen molar-refractivity contribution in [3.05, 3.63) is 71.9 Å². The number of nitrogens with zero attached hydrogens (tertiary/aromatic N) is 2. The van der Waals surface area contributed by atoms with E-state index in [1.807, 2.05) is 37.3 Å². The zero-order valence-corrected chi connectivity index (χ0v) is 25.0. The van der Waals surface area contributed by atoms with Crippen molar-refractivity contribution in [1.29, 1.82) is 0 Å². The van der Waals surface area contributed by atoms with E-state index < -0.39 is 33.0 Å². The first-order valence-electron chi connectivity index (χ1n) is 14.2. The fraction of sp³-hybridized carbons (Fsp3) is 0.433. The van der Waals surface area contributed by atoms with Gasteiger partial charge in [0.2, 0.25) is 15.9 Å². The highest BCUT2D eigenvalue weighted by Gasteiger charge is 2.41. The van der Waals surface area contributed by atoms with Gasteiger partial charge in [0, 0.05) is 36.8 Å². The van der Waals surface area contributed by atoms with E-state index in [2.05, 4.69) is 15.6 Å². The van der Waals surface area contributed by atoms with Gasteiger partial charge in [0.25, 0.3) is 5.91 Å². The van der Waals surface area contributed by atoms with E-state index >= 15 is 0 Å². The number of para-hydroxylation sites is 1. The van der Waals surface area contributed by atoms with Crippen LogP contribution < -0.4 is 20.9 Å². The second-order valence-electron chi connectivity index (χ2n) is 11.4. The van der Waals surface area contributed by atoms with Crippen molar-refractivity contribution in [2.45, 2.75) is 43.4 Å². The van der Waals surface area contributed by atoms with Gasteiger partial charge in [-0.2, -0.15) is 0 Å². The molecule has 0 spiro atoms. The number of aromatic nitrogens is 1. The minimum Gasteiger partial charge on any atom is -0.491 e. The summed E-state index contributed by atoms with van der Waals surface area (Å²) in [5.41, 5.74) is 2.26. The summed E-state index contributed by atoms with van der Waals surface area (Å²) in [6.45, 7) is 3.80. The highest BCUT2D eigenvalue weighted by atomic mass is 32.2. The Labute approximate surface area is 250 Å². The van der Waals surface area contributed by atoms with Gasteiger partial charge in [0.1, 0.15) is 18.0 Å². The van der Waals surface area contributed by atoms with Crippen LogP contribution in [0.2, 0.25) is 0 Å². The lowest BCUT2D eigenvalue weighted by atomic mass is 9.84. The number of morpholine rings is 1. The van der Waals surface area contributed by atoms with E-state index in [0.29, 0.717) is 24.5 Å². The van der Waals surface area contributed by atoms with Crippen LogP contribution in [0.25, 0.3) is 10.9 Å². The Morgan fingerprint density at radius 2 is 1.86 bits per heavy atom. The minimum atomic E-state index is -3.40. The Kier molecular flexibility index (Phi) is 8.99. The van der Waals surface area contributed by atoms with Gasteiger partial charge in [-0.3, -0.25) is 19.8 Å². The van der Waals surface area contributed by atoms with Crippen molar-refractivity contribution in [3.8, 4) is 5.75 Å². The molecule has 12 nitrogen and oxygen atoms in total. The molecule has 2 amide bonds. The van der Waals surface area contributed by atoms with Crippen LogP contribution in [0.5, 0.6) is 5.75 Å². The Morgan fingerprint density at radius 3 is 2.56 bits per heavy atom. The standard InChI is InChI=1S/C30H37N5O7S/c1-29(27(32-15-18-42-29)24-11-14-31-25-6-4-3-5-23(24)25)20-41-22-9-7-21(8-10-22)28(37)33-30(19-26(36)34-38)12-16-35(17-13-30)43(2,39)40/h3-11,14,27,32,38H,12-13,15-20H2,1-2H3,(H,33,37)(H,34,36). The second kappa shape index (κ2) is 12.5. The third-order valence-electron chi connectivity index (χ3n) is 8.28. The number of nitrogens with one attached hydrogen (secondary N) is 3. The van der Waals surface area contributed by atoms with Crippen LogP contribution in [0.15, 0.2) is 60.8 Å². The molecule has 2 aliphatic heterocycles. The molecule has 0 bridgehead atoms. The molecule has 2 atom stereocenters. The molecule has 2 saturated heterocycles. The summed E-state index contributed by atoms with van der Waals surface area (Å²) in [5, 5.41) is 16.6. The molecular formula is C30H37N5O7S. The van der Waals surface area contributed by atoms with Gasteiger partial charge in [-0.05, 0) is 61.7 Å². The van der Waals surface area contributed by atoms with Crippen LogP contribution in [-0.2, 0) is 19.6 Å². The van der Waals surface area contributed by atoms with Crippen LogP contribution in [0.1, 0.15) is 48.1 Å². The number of fused-ring (bicyclic) bond motifs is 1. The average Bonchev–Trinajstić information content (AvgIpc) is 3.00. The third kappa shape index (κ3) is 6.97. The molecule has 0 radical (unpaired) electrons. The van der Waals surface area contributed by atoms with Crippen molar-refractivity contribution in [3.63, 3.8) is 0 Å². The summed E-state index contributed by atoms with van der Waals surface area (Å²) in [7, 11) is -3.40. The molecule has 5 rings (SSSR count). The van der Waals surface area contributed by atoms with Crippen molar-refractivity contribution < 1.29 is 32.7 Å². The monoisotopic (exact) mass is 611 g/mol. The smallest absolute Gasteiger partial charge is 0.251 e. The topological polar surface area (TPSA) is 159 Å². The fourth-order valence-electron chi connectivity index (χ4n) is 5.90. The maximum atomic E-state index is 13.2. The summed E-state index contributed by atoms with van der Waals surface area (Å²) in [5.74, 6) is -0.523. The van der Waals surface area contributed by atoms with Gasteiger partial charge >= 0.3 is 0 Å². The van der Waals surface area contributed by atoms with Crippen molar-refractivity contribution in [2.24, 2.45) is 0 Å². The normalized spacial score (nSPS) is 22.5. The largest absolute Gasteiger partial charge is 0.491 e. The van der Waals surface area contributed by atoms with Gasteiger partial charge in [0.05, 0.1) is 36.4 Å². The van der Waals surface area contributed by atoms with E-state index in [1.165, 1.54) is 4.31 Å². The summed E-state index contributed by atoms with van der Waals surface area (Å²) in [6, 6.07) is 16.5. The molecule has 0 aliphatic carbocycles. The van der Waals surface area contributed by atoms with Crippen molar-refractivity contribution in [2.75, 3.05) is 39.1 Å². The Morgan fingerprint density at radius 1 is 1.14 bits per heavy atom. The maximum absolute atomic E-state index is 13.2. The first-order chi connectivity index (χ1) is 20.5. The van der Waals surface area contributed by atoms with Crippen LogP contribution in [0, 0.1) is 0 Å². The Balaban J connectivity index is 1.26. The molecule has 3 aromatic rings. The fourth-order valence-corrected chi connectivity index (χ4v) is 6.75. The zero-order chi connectivity index (χ0) is 30.7. The van der Waals surface area contributed by atoms with Crippen molar-refractivity contribution >= 4 is 32.7 Å². The quantitative estimate of drug-likeness (QED) is 0.210. The lowest BCUT2D eigenvalue weighted by Gasteiger charge is -2.42. The van der Waals surface area contributed by atoms with Crippen molar-refractivity contribution in [1.82, 2.24) is 25.4 Å². The van der Waals surface area contributed by atoms with Crippen LogP contribution in [0.4, 0.5) is 0 Å². The average molecular weight is 612 g/mol. The van der Waals surface area contributed by atoms with Gasteiger partial charge in [-0.1, -0.05) is 18.2 Å². The number of benzene rings is 2. The number of amides is 2. The van der Waals surface area contributed by atoms with Crippen LogP contribution in [-0.4, -0.2) is 85.0 Å². The number of ether oxygens (including phenoxy) is 2. The lowest BCUT2D eigenvalue weighted by Crippen LogP contribution is -2.57. The van der Waals surface area contributed by atoms with E-state index in [4.69, 9.17) is 14.7 Å². The van der Waals surface area contributed by atoms with E-state index in [0.717, 1.165) is 22.7 Å². The molecule has 2 aromatic carbocycles. The van der Waals surface area contributed by atoms with Gasteiger partial charge < -0.3 is 20.1 Å². The lowest BCUT2D eigenvalue weighted by molar-refractivity contribution is -0.131.